The lowest BCUT2D eigenvalue weighted by molar-refractivity contribution is -0.117. The summed E-state index contributed by atoms with van der Waals surface area (Å²) in [5, 5.41) is 0.890. The maximum atomic E-state index is 13.6. The fraction of sp³-hybridized carbons (Fsp3) is 0.133. The van der Waals surface area contributed by atoms with Gasteiger partial charge in [-0.3, -0.25) is 4.79 Å². The van der Waals surface area contributed by atoms with Gasteiger partial charge in [0.05, 0.1) is 0 Å². The maximum Gasteiger partial charge on any atom is 0.141 e. The van der Waals surface area contributed by atoms with Crippen LogP contribution in [0.3, 0.4) is 0 Å². The van der Waals surface area contributed by atoms with Gasteiger partial charge in [-0.05, 0) is 41.5 Å². The van der Waals surface area contributed by atoms with Crippen molar-refractivity contribution < 1.29 is 9.18 Å². The van der Waals surface area contributed by atoms with Gasteiger partial charge in [0.1, 0.15) is 11.6 Å². The molecule has 2 rings (SSSR count). The number of hydrogen-bond donors (Lipinski definition) is 0. The first-order valence-electron chi connectivity index (χ1n) is 5.86. The van der Waals surface area contributed by atoms with Crippen molar-refractivity contribution in [2.24, 2.45) is 0 Å². The van der Waals surface area contributed by atoms with Gasteiger partial charge in [0.15, 0.2) is 0 Å². The molecule has 20 heavy (non-hydrogen) atoms. The van der Waals surface area contributed by atoms with Gasteiger partial charge in [0, 0.05) is 27.4 Å². The lowest BCUT2D eigenvalue weighted by Crippen LogP contribution is -2.08. The first-order chi connectivity index (χ1) is 9.47. The summed E-state index contributed by atoms with van der Waals surface area (Å²) >= 11 is 15.3. The third-order valence-corrected chi connectivity index (χ3v) is 4.03. The van der Waals surface area contributed by atoms with Crippen LogP contribution in [0, 0.1) is 5.82 Å². The Labute approximate surface area is 134 Å². The fourth-order valence-electron chi connectivity index (χ4n) is 1.85. The molecule has 0 fully saturated rings. The molecule has 0 aliphatic rings. The number of rotatable bonds is 4. The van der Waals surface area contributed by atoms with Crippen LogP contribution in [0.2, 0.25) is 10.0 Å². The number of hydrogen-bond acceptors (Lipinski definition) is 1. The second-order valence-electron chi connectivity index (χ2n) is 4.33. The van der Waals surface area contributed by atoms with Gasteiger partial charge in [-0.1, -0.05) is 45.2 Å². The first kappa shape index (κ1) is 15.5. The molecule has 2 aromatic rings. The van der Waals surface area contributed by atoms with Gasteiger partial charge < -0.3 is 0 Å². The van der Waals surface area contributed by atoms with Crippen LogP contribution in [0.5, 0.6) is 0 Å². The molecule has 0 atom stereocenters. The molecule has 0 unspecified atom stereocenters. The minimum absolute atomic E-state index is 0.00677. The van der Waals surface area contributed by atoms with Crippen molar-refractivity contribution in [2.45, 2.75) is 12.8 Å². The molecular weight excluding hydrogens is 366 g/mol. The fourth-order valence-corrected chi connectivity index (χ4v) is 2.79. The summed E-state index contributed by atoms with van der Waals surface area (Å²) in [4.78, 5) is 12.1. The predicted molar refractivity (Wildman–Crippen MR) is 83.0 cm³/mol. The van der Waals surface area contributed by atoms with Crippen molar-refractivity contribution in [1.29, 1.82) is 0 Å². The van der Waals surface area contributed by atoms with Gasteiger partial charge in [-0.2, -0.15) is 0 Å². The van der Waals surface area contributed by atoms with Crippen molar-refractivity contribution in [3.63, 3.8) is 0 Å². The number of halogens is 4. The molecule has 0 aromatic heterocycles. The third kappa shape index (κ3) is 3.81. The Morgan fingerprint density at radius 1 is 1.10 bits per heavy atom. The number of carbonyl (C=O) groups excluding carboxylic acids is 1. The van der Waals surface area contributed by atoms with Crippen LogP contribution in [0.15, 0.2) is 40.9 Å². The quantitative estimate of drug-likeness (QED) is 0.713. The number of ketones is 1. The smallest absolute Gasteiger partial charge is 0.141 e. The molecule has 0 aliphatic carbocycles. The lowest BCUT2D eigenvalue weighted by atomic mass is 10.0. The van der Waals surface area contributed by atoms with E-state index >= 15 is 0 Å². The normalized spacial score (nSPS) is 10.6. The molecule has 0 amide bonds. The van der Waals surface area contributed by atoms with Crippen molar-refractivity contribution >= 4 is 44.9 Å². The van der Waals surface area contributed by atoms with Gasteiger partial charge in [0.25, 0.3) is 0 Å². The van der Waals surface area contributed by atoms with Crippen LogP contribution in [0.1, 0.15) is 11.1 Å². The largest absolute Gasteiger partial charge is 0.299 e. The zero-order chi connectivity index (χ0) is 14.7. The molecule has 0 radical (unpaired) electrons. The van der Waals surface area contributed by atoms with Crippen LogP contribution in [0.25, 0.3) is 0 Å². The van der Waals surface area contributed by atoms with Crippen LogP contribution >= 0.6 is 39.1 Å². The lowest BCUT2D eigenvalue weighted by Gasteiger charge is -2.07. The Morgan fingerprint density at radius 3 is 2.40 bits per heavy atom. The molecule has 0 heterocycles. The predicted octanol–water partition coefficient (Wildman–Crippen LogP) is 5.25. The molecule has 2 aromatic carbocycles. The topological polar surface area (TPSA) is 17.1 Å². The minimum atomic E-state index is -0.396. The van der Waals surface area contributed by atoms with E-state index in [0.29, 0.717) is 21.2 Å². The van der Waals surface area contributed by atoms with Crippen molar-refractivity contribution in [3.05, 3.63) is 67.9 Å². The van der Waals surface area contributed by atoms with E-state index in [4.69, 9.17) is 23.2 Å². The molecule has 0 bridgehead atoms. The zero-order valence-corrected chi connectivity index (χ0v) is 13.4. The van der Waals surface area contributed by atoms with E-state index in [1.54, 1.807) is 30.3 Å². The van der Waals surface area contributed by atoms with Crippen LogP contribution < -0.4 is 0 Å². The van der Waals surface area contributed by atoms with Gasteiger partial charge >= 0.3 is 0 Å². The minimum Gasteiger partial charge on any atom is -0.299 e. The molecule has 104 valence electrons. The molecule has 5 heteroatoms. The summed E-state index contributed by atoms with van der Waals surface area (Å²) in [5.74, 6) is -0.538. The summed E-state index contributed by atoms with van der Waals surface area (Å²) in [6, 6.07) is 9.59. The standard InChI is InChI=1S/C15H10BrCl2FO/c16-10-4-5-15(19)9(6-10)7-11(20)8-12-13(17)2-1-3-14(12)18/h1-6H,7-8H2. The zero-order valence-electron chi connectivity index (χ0n) is 10.3. The number of benzene rings is 2. The van der Waals surface area contributed by atoms with Crippen LogP contribution in [0.4, 0.5) is 4.39 Å². The Balaban J connectivity index is 2.15. The average Bonchev–Trinajstić information content (AvgIpc) is 2.38. The van der Waals surface area contributed by atoms with E-state index in [1.807, 2.05) is 0 Å². The molecular formula is C15H10BrCl2FO. The molecule has 0 saturated heterocycles. The molecule has 0 spiro atoms. The number of Topliss-reactive ketones (excluding diaryl/α,β-unsaturated/α-hetero) is 1. The second kappa shape index (κ2) is 6.70. The molecule has 1 nitrogen and oxygen atoms in total. The summed E-state index contributed by atoms with van der Waals surface area (Å²) in [7, 11) is 0. The average molecular weight is 376 g/mol. The highest BCUT2D eigenvalue weighted by atomic mass is 79.9. The van der Waals surface area contributed by atoms with E-state index in [9.17, 15) is 9.18 Å². The van der Waals surface area contributed by atoms with Gasteiger partial charge in [0.2, 0.25) is 0 Å². The Kier molecular flexibility index (Phi) is 5.19. The van der Waals surface area contributed by atoms with Crippen molar-refractivity contribution in [2.75, 3.05) is 0 Å². The van der Waals surface area contributed by atoms with Crippen molar-refractivity contribution in [1.82, 2.24) is 0 Å². The van der Waals surface area contributed by atoms with Crippen molar-refractivity contribution in [3.8, 4) is 0 Å². The maximum absolute atomic E-state index is 13.6. The molecule has 0 saturated carbocycles. The first-order valence-corrected chi connectivity index (χ1v) is 7.41. The Hall–Kier alpha value is -0.900. The third-order valence-electron chi connectivity index (χ3n) is 2.83. The highest BCUT2D eigenvalue weighted by Crippen LogP contribution is 2.25. The highest BCUT2D eigenvalue weighted by molar-refractivity contribution is 9.10. The summed E-state index contributed by atoms with van der Waals surface area (Å²) < 4.78 is 14.3. The van der Waals surface area contributed by atoms with Gasteiger partial charge in [-0.25, -0.2) is 4.39 Å². The molecule has 0 aliphatic heterocycles. The highest BCUT2D eigenvalue weighted by Gasteiger charge is 2.13. The van der Waals surface area contributed by atoms with Gasteiger partial charge in [-0.15, -0.1) is 0 Å². The Bertz CT molecular complexity index is 638. The van der Waals surface area contributed by atoms with E-state index < -0.39 is 5.82 Å². The van der Waals surface area contributed by atoms with Crippen LogP contribution in [-0.4, -0.2) is 5.78 Å². The second-order valence-corrected chi connectivity index (χ2v) is 6.06. The molecule has 0 N–H and O–H groups in total. The Morgan fingerprint density at radius 2 is 1.75 bits per heavy atom. The summed E-state index contributed by atoms with van der Waals surface area (Å²) in [6.45, 7) is 0. The summed E-state index contributed by atoms with van der Waals surface area (Å²) in [5.41, 5.74) is 0.934. The van der Waals surface area contributed by atoms with Crippen LogP contribution in [-0.2, 0) is 17.6 Å². The monoisotopic (exact) mass is 374 g/mol. The van der Waals surface area contributed by atoms with E-state index in [-0.39, 0.29) is 18.6 Å². The van der Waals surface area contributed by atoms with E-state index in [0.717, 1.165) is 4.47 Å². The van der Waals surface area contributed by atoms with E-state index in [1.165, 1.54) is 6.07 Å². The summed E-state index contributed by atoms with van der Waals surface area (Å²) in [6.07, 6.45) is 0.0945. The van der Waals surface area contributed by atoms with E-state index in [2.05, 4.69) is 15.9 Å². The SMILES string of the molecule is O=C(Cc1cc(Br)ccc1F)Cc1c(Cl)cccc1Cl. The number of carbonyl (C=O) groups is 1.